The van der Waals surface area contributed by atoms with E-state index in [4.69, 9.17) is 0 Å². The maximum absolute atomic E-state index is 13.2. The number of nitrogens with one attached hydrogen (secondary N) is 2. The average molecular weight is 262 g/mol. The van der Waals surface area contributed by atoms with Crippen molar-refractivity contribution in [3.8, 4) is 0 Å². The van der Waals surface area contributed by atoms with Crippen LogP contribution in [0.1, 0.15) is 18.4 Å². The quantitative estimate of drug-likeness (QED) is 0.893. The van der Waals surface area contributed by atoms with E-state index in [1.807, 2.05) is 6.20 Å². The molecule has 19 heavy (non-hydrogen) atoms. The number of aromatic amines is 1. The summed E-state index contributed by atoms with van der Waals surface area (Å²) in [5.41, 5.74) is 1.89. The molecule has 0 radical (unpaired) electrons. The fourth-order valence-corrected chi connectivity index (χ4v) is 2.54. The molecule has 1 amide bonds. The van der Waals surface area contributed by atoms with Gasteiger partial charge in [-0.3, -0.25) is 0 Å². The first-order valence-electron chi connectivity index (χ1n) is 6.24. The molecule has 1 saturated carbocycles. The molecule has 0 saturated heterocycles. The molecule has 0 unspecified atom stereocenters. The van der Waals surface area contributed by atoms with Gasteiger partial charge in [0.25, 0.3) is 0 Å². The number of halogens is 1. The molecular weight excluding hydrogens is 247 g/mol. The lowest BCUT2D eigenvalue weighted by molar-refractivity contribution is 0.170. The van der Waals surface area contributed by atoms with Crippen molar-refractivity contribution in [1.82, 2.24) is 10.3 Å². The highest BCUT2D eigenvalue weighted by Crippen LogP contribution is 2.49. The summed E-state index contributed by atoms with van der Waals surface area (Å²) in [6.45, 7) is 0.546. The van der Waals surface area contributed by atoms with E-state index in [2.05, 4.69) is 15.0 Å². The van der Waals surface area contributed by atoms with Crippen LogP contribution in [0.25, 0.3) is 10.9 Å². The molecule has 1 aromatic carbocycles. The lowest BCUT2D eigenvalue weighted by Gasteiger charge is -2.15. The van der Waals surface area contributed by atoms with E-state index in [0.29, 0.717) is 6.54 Å². The molecular formula is C14H15FN2O2. The van der Waals surface area contributed by atoms with E-state index in [0.717, 1.165) is 29.3 Å². The first-order chi connectivity index (χ1) is 9.14. The Labute approximate surface area is 109 Å². The van der Waals surface area contributed by atoms with Crippen LogP contribution in [0, 0.1) is 5.82 Å². The average Bonchev–Trinajstić information content (AvgIpc) is 3.09. The standard InChI is InChI=1S/C14H15FN2O2/c1-19-13(18)17-8-14(4-5-14)11-7-16-12-6-9(15)2-3-10(11)12/h2-3,6-7,16H,4-5,8H2,1H3,(H,17,18). The molecule has 1 fully saturated rings. The van der Waals surface area contributed by atoms with Crippen LogP contribution in [0.4, 0.5) is 9.18 Å². The monoisotopic (exact) mass is 262 g/mol. The Kier molecular flexibility index (Phi) is 2.69. The molecule has 2 N–H and O–H groups in total. The number of hydrogen-bond acceptors (Lipinski definition) is 2. The summed E-state index contributed by atoms with van der Waals surface area (Å²) >= 11 is 0. The zero-order chi connectivity index (χ0) is 13.5. The number of benzene rings is 1. The molecule has 0 spiro atoms. The third kappa shape index (κ3) is 2.05. The highest BCUT2D eigenvalue weighted by atomic mass is 19.1. The minimum absolute atomic E-state index is 0.0374. The van der Waals surface area contributed by atoms with E-state index < -0.39 is 6.09 Å². The molecule has 2 aromatic rings. The van der Waals surface area contributed by atoms with E-state index in [1.54, 1.807) is 6.07 Å². The minimum atomic E-state index is -0.419. The minimum Gasteiger partial charge on any atom is -0.453 e. The van der Waals surface area contributed by atoms with Crippen molar-refractivity contribution >= 4 is 17.0 Å². The molecule has 1 aromatic heterocycles. The molecule has 4 nitrogen and oxygen atoms in total. The van der Waals surface area contributed by atoms with Crippen LogP contribution in [0.15, 0.2) is 24.4 Å². The number of hydrogen-bond donors (Lipinski definition) is 2. The number of rotatable bonds is 3. The van der Waals surface area contributed by atoms with Gasteiger partial charge in [-0.25, -0.2) is 9.18 Å². The molecule has 0 aliphatic heterocycles. The highest BCUT2D eigenvalue weighted by molar-refractivity contribution is 5.85. The van der Waals surface area contributed by atoms with Gasteiger partial charge in [0, 0.05) is 29.1 Å². The van der Waals surface area contributed by atoms with Crippen LogP contribution >= 0.6 is 0 Å². The van der Waals surface area contributed by atoms with Crippen molar-refractivity contribution in [2.24, 2.45) is 0 Å². The Morgan fingerprint density at radius 1 is 1.53 bits per heavy atom. The second-order valence-electron chi connectivity index (χ2n) is 5.02. The predicted octanol–water partition coefficient (Wildman–Crippen LogP) is 2.69. The number of H-pyrrole nitrogens is 1. The fraction of sp³-hybridized carbons (Fsp3) is 0.357. The smallest absolute Gasteiger partial charge is 0.406 e. The topological polar surface area (TPSA) is 54.1 Å². The van der Waals surface area contributed by atoms with Gasteiger partial charge in [0.2, 0.25) is 0 Å². The van der Waals surface area contributed by atoms with Gasteiger partial charge in [-0.1, -0.05) is 0 Å². The highest BCUT2D eigenvalue weighted by Gasteiger charge is 2.45. The van der Waals surface area contributed by atoms with Crippen molar-refractivity contribution < 1.29 is 13.9 Å². The van der Waals surface area contributed by atoms with E-state index in [-0.39, 0.29) is 11.2 Å². The number of ether oxygens (including phenoxy) is 1. The van der Waals surface area contributed by atoms with Crippen LogP contribution in [0.5, 0.6) is 0 Å². The number of carbonyl (C=O) groups excluding carboxylic acids is 1. The Hall–Kier alpha value is -2.04. The van der Waals surface area contributed by atoms with Crippen LogP contribution in [0.3, 0.4) is 0 Å². The van der Waals surface area contributed by atoms with Gasteiger partial charge in [-0.2, -0.15) is 0 Å². The fourth-order valence-electron chi connectivity index (χ4n) is 2.54. The summed E-state index contributed by atoms with van der Waals surface area (Å²) < 4.78 is 17.8. The zero-order valence-electron chi connectivity index (χ0n) is 10.6. The van der Waals surface area contributed by atoms with E-state index in [1.165, 1.54) is 19.2 Å². The van der Waals surface area contributed by atoms with Crippen LogP contribution < -0.4 is 5.32 Å². The second kappa shape index (κ2) is 4.26. The molecule has 3 rings (SSSR count). The van der Waals surface area contributed by atoms with Crippen LogP contribution in [0.2, 0.25) is 0 Å². The summed E-state index contributed by atoms with van der Waals surface area (Å²) in [6.07, 6.45) is 3.52. The van der Waals surface area contributed by atoms with Gasteiger partial charge in [-0.05, 0) is 36.6 Å². The van der Waals surface area contributed by atoms with Crippen molar-refractivity contribution in [1.29, 1.82) is 0 Å². The Morgan fingerprint density at radius 2 is 2.32 bits per heavy atom. The van der Waals surface area contributed by atoms with Crippen molar-refractivity contribution in [3.05, 3.63) is 35.8 Å². The number of fused-ring (bicyclic) bond motifs is 1. The lowest BCUT2D eigenvalue weighted by atomic mass is 9.95. The molecule has 1 heterocycles. The van der Waals surface area contributed by atoms with Crippen molar-refractivity contribution in [3.63, 3.8) is 0 Å². The normalized spacial score (nSPS) is 16.3. The molecule has 100 valence electrons. The van der Waals surface area contributed by atoms with Gasteiger partial charge in [-0.15, -0.1) is 0 Å². The third-order valence-electron chi connectivity index (χ3n) is 3.83. The predicted molar refractivity (Wildman–Crippen MR) is 69.6 cm³/mol. The van der Waals surface area contributed by atoms with E-state index >= 15 is 0 Å². The number of methoxy groups -OCH3 is 1. The summed E-state index contributed by atoms with van der Waals surface area (Å²) in [6, 6.07) is 4.74. The molecule has 0 bridgehead atoms. The first-order valence-corrected chi connectivity index (χ1v) is 6.24. The number of alkyl carbamates (subject to hydrolysis) is 1. The van der Waals surface area contributed by atoms with Gasteiger partial charge in [0.05, 0.1) is 7.11 Å². The Balaban J connectivity index is 1.89. The Bertz CT molecular complexity index is 631. The lowest BCUT2D eigenvalue weighted by Crippen LogP contribution is -2.31. The molecule has 0 atom stereocenters. The number of aromatic nitrogens is 1. The molecule has 1 aliphatic carbocycles. The Morgan fingerprint density at radius 3 is 3.00 bits per heavy atom. The summed E-state index contributed by atoms with van der Waals surface area (Å²) in [4.78, 5) is 14.3. The van der Waals surface area contributed by atoms with Crippen molar-refractivity contribution in [2.45, 2.75) is 18.3 Å². The number of carbonyl (C=O) groups is 1. The van der Waals surface area contributed by atoms with E-state index in [9.17, 15) is 9.18 Å². The second-order valence-corrected chi connectivity index (χ2v) is 5.02. The van der Waals surface area contributed by atoms with Gasteiger partial charge in [0.15, 0.2) is 0 Å². The largest absolute Gasteiger partial charge is 0.453 e. The summed E-state index contributed by atoms with van der Waals surface area (Å²) in [5.74, 6) is -0.251. The van der Waals surface area contributed by atoms with Gasteiger partial charge >= 0.3 is 6.09 Å². The maximum Gasteiger partial charge on any atom is 0.406 e. The molecule has 1 aliphatic rings. The first kappa shape index (κ1) is 12.0. The molecule has 5 heteroatoms. The summed E-state index contributed by atoms with van der Waals surface area (Å²) in [5, 5.41) is 3.77. The van der Waals surface area contributed by atoms with Crippen LogP contribution in [-0.2, 0) is 10.2 Å². The van der Waals surface area contributed by atoms with Crippen LogP contribution in [-0.4, -0.2) is 24.7 Å². The summed E-state index contributed by atoms with van der Waals surface area (Å²) in [7, 11) is 1.35. The number of amides is 1. The SMILES string of the molecule is COC(=O)NCC1(c2c[nH]c3cc(F)ccc23)CC1. The maximum atomic E-state index is 13.2. The van der Waals surface area contributed by atoms with Gasteiger partial charge < -0.3 is 15.0 Å². The van der Waals surface area contributed by atoms with Gasteiger partial charge in [0.1, 0.15) is 5.82 Å². The zero-order valence-corrected chi connectivity index (χ0v) is 10.6. The van der Waals surface area contributed by atoms with Crippen molar-refractivity contribution in [2.75, 3.05) is 13.7 Å². The third-order valence-corrected chi connectivity index (χ3v) is 3.83.